The van der Waals surface area contributed by atoms with Gasteiger partial charge in [0, 0.05) is 10.9 Å². The first-order chi connectivity index (χ1) is 8.60. The summed E-state index contributed by atoms with van der Waals surface area (Å²) in [7, 11) is 0. The lowest BCUT2D eigenvalue weighted by atomic mass is 9.87. The maximum absolute atomic E-state index is 12.5. The first-order valence-electron chi connectivity index (χ1n) is 6.35. The molecule has 1 aliphatic rings. The predicted octanol–water partition coefficient (Wildman–Crippen LogP) is 3.18. The Kier molecular flexibility index (Phi) is 3.72. The fourth-order valence-electron chi connectivity index (χ4n) is 1.92. The number of nitriles is 1. The first-order valence-corrected chi connectivity index (χ1v) is 7.23. The van der Waals surface area contributed by atoms with Crippen molar-refractivity contribution in [1.82, 2.24) is 4.90 Å². The van der Waals surface area contributed by atoms with Gasteiger partial charge in [0.2, 0.25) is 5.91 Å². The number of carbonyl (C=O) groups is 1. The van der Waals surface area contributed by atoms with Gasteiger partial charge in [-0.15, -0.1) is 11.3 Å². The predicted molar refractivity (Wildman–Crippen MR) is 71.9 cm³/mol. The van der Waals surface area contributed by atoms with Crippen LogP contribution < -0.4 is 0 Å². The van der Waals surface area contributed by atoms with Gasteiger partial charge >= 0.3 is 0 Å². The molecule has 1 saturated carbocycles. The Balaban J connectivity index is 2.15. The molecule has 1 unspecified atom stereocenters. The van der Waals surface area contributed by atoms with E-state index in [0.29, 0.717) is 19.0 Å². The third kappa shape index (κ3) is 2.56. The van der Waals surface area contributed by atoms with E-state index in [1.165, 1.54) is 4.88 Å². The minimum atomic E-state index is -0.875. The summed E-state index contributed by atoms with van der Waals surface area (Å²) >= 11 is 1.66. The molecule has 1 aromatic heterocycles. The molecule has 1 heterocycles. The first kappa shape index (κ1) is 13.1. The number of hydrogen-bond donors (Lipinski definition) is 0. The Morgan fingerprint density at radius 3 is 2.83 bits per heavy atom. The van der Waals surface area contributed by atoms with Crippen LogP contribution in [-0.4, -0.2) is 16.8 Å². The average Bonchev–Trinajstić information content (AvgIpc) is 3.11. The standard InChI is InChI=1S/C14H18N2OS/c1-3-14(2,10-15)13(17)16(11-6-7-11)9-12-5-4-8-18-12/h4-5,8,11H,3,6-7,9H2,1-2H3. The molecule has 1 aliphatic carbocycles. The Morgan fingerprint density at radius 2 is 2.39 bits per heavy atom. The Morgan fingerprint density at radius 1 is 1.67 bits per heavy atom. The summed E-state index contributed by atoms with van der Waals surface area (Å²) in [4.78, 5) is 15.6. The van der Waals surface area contributed by atoms with Crippen LogP contribution in [0.25, 0.3) is 0 Å². The normalized spacial score (nSPS) is 17.8. The lowest BCUT2D eigenvalue weighted by Crippen LogP contribution is -2.42. The van der Waals surface area contributed by atoms with Crippen LogP contribution in [0.3, 0.4) is 0 Å². The van der Waals surface area contributed by atoms with E-state index in [9.17, 15) is 10.1 Å². The number of carbonyl (C=O) groups excluding carboxylic acids is 1. The number of rotatable bonds is 5. The summed E-state index contributed by atoms with van der Waals surface area (Å²) < 4.78 is 0. The highest BCUT2D eigenvalue weighted by molar-refractivity contribution is 7.09. The number of hydrogen-bond acceptors (Lipinski definition) is 3. The van der Waals surface area contributed by atoms with Gasteiger partial charge in [-0.1, -0.05) is 13.0 Å². The second-order valence-electron chi connectivity index (χ2n) is 5.04. The summed E-state index contributed by atoms with van der Waals surface area (Å²) in [6.07, 6.45) is 2.71. The number of nitrogens with zero attached hydrogens (tertiary/aromatic N) is 2. The molecule has 0 bridgehead atoms. The molecule has 96 valence electrons. The van der Waals surface area contributed by atoms with Crippen molar-refractivity contribution in [2.75, 3.05) is 0 Å². The largest absolute Gasteiger partial charge is 0.333 e. The molecule has 1 amide bonds. The molecule has 0 spiro atoms. The summed E-state index contributed by atoms with van der Waals surface area (Å²) in [5, 5.41) is 11.3. The van der Waals surface area contributed by atoms with E-state index >= 15 is 0 Å². The summed E-state index contributed by atoms with van der Waals surface area (Å²) in [5.74, 6) is -0.0107. The highest BCUT2D eigenvalue weighted by Gasteiger charge is 2.41. The topological polar surface area (TPSA) is 44.1 Å². The third-order valence-corrected chi connectivity index (χ3v) is 4.44. The Labute approximate surface area is 112 Å². The van der Waals surface area contributed by atoms with Crippen molar-refractivity contribution >= 4 is 17.2 Å². The zero-order valence-electron chi connectivity index (χ0n) is 10.8. The van der Waals surface area contributed by atoms with Gasteiger partial charge < -0.3 is 4.90 Å². The SMILES string of the molecule is CCC(C)(C#N)C(=O)N(Cc1cccs1)C1CC1. The zero-order chi connectivity index (χ0) is 13.2. The average molecular weight is 262 g/mol. The van der Waals surface area contributed by atoms with Crippen molar-refractivity contribution in [1.29, 1.82) is 5.26 Å². The van der Waals surface area contributed by atoms with Gasteiger partial charge in [-0.3, -0.25) is 4.79 Å². The van der Waals surface area contributed by atoms with E-state index in [0.717, 1.165) is 12.8 Å². The molecule has 1 aromatic rings. The molecule has 0 saturated heterocycles. The van der Waals surface area contributed by atoms with Gasteiger partial charge in [0.25, 0.3) is 0 Å². The zero-order valence-corrected chi connectivity index (χ0v) is 11.7. The van der Waals surface area contributed by atoms with Gasteiger partial charge in [-0.25, -0.2) is 0 Å². The van der Waals surface area contributed by atoms with E-state index < -0.39 is 5.41 Å². The van der Waals surface area contributed by atoms with Crippen molar-refractivity contribution in [3.8, 4) is 6.07 Å². The molecule has 0 aromatic carbocycles. The second kappa shape index (κ2) is 5.11. The Bertz CT molecular complexity index is 459. The van der Waals surface area contributed by atoms with Crippen LogP contribution >= 0.6 is 11.3 Å². The summed E-state index contributed by atoms with van der Waals surface area (Å²) in [6.45, 7) is 4.30. The van der Waals surface area contributed by atoms with Crippen LogP contribution in [0.15, 0.2) is 17.5 Å². The quantitative estimate of drug-likeness (QED) is 0.818. The molecule has 4 heteroatoms. The molecule has 1 fully saturated rings. The van der Waals surface area contributed by atoms with Crippen LogP contribution in [0.1, 0.15) is 38.0 Å². The molecular weight excluding hydrogens is 244 g/mol. The van der Waals surface area contributed by atoms with Crippen molar-refractivity contribution < 1.29 is 4.79 Å². The maximum Gasteiger partial charge on any atom is 0.243 e. The number of amides is 1. The van der Waals surface area contributed by atoms with Gasteiger partial charge in [0.15, 0.2) is 0 Å². The Hall–Kier alpha value is -1.34. The second-order valence-corrected chi connectivity index (χ2v) is 6.07. The summed E-state index contributed by atoms with van der Waals surface area (Å²) in [6, 6.07) is 6.57. The fourth-order valence-corrected chi connectivity index (χ4v) is 2.62. The van der Waals surface area contributed by atoms with E-state index in [-0.39, 0.29) is 5.91 Å². The van der Waals surface area contributed by atoms with Crippen LogP contribution in [0.2, 0.25) is 0 Å². The van der Waals surface area contributed by atoms with E-state index in [4.69, 9.17) is 0 Å². The van der Waals surface area contributed by atoms with Crippen LogP contribution in [-0.2, 0) is 11.3 Å². The highest BCUT2D eigenvalue weighted by atomic mass is 32.1. The highest BCUT2D eigenvalue weighted by Crippen LogP contribution is 2.34. The van der Waals surface area contributed by atoms with Crippen molar-refractivity contribution in [2.24, 2.45) is 5.41 Å². The molecule has 2 rings (SSSR count). The molecule has 0 N–H and O–H groups in total. The monoisotopic (exact) mass is 262 g/mol. The lowest BCUT2D eigenvalue weighted by molar-refractivity contribution is -0.139. The molecule has 0 radical (unpaired) electrons. The van der Waals surface area contributed by atoms with Crippen molar-refractivity contribution in [3.05, 3.63) is 22.4 Å². The molecule has 1 atom stereocenters. The van der Waals surface area contributed by atoms with Crippen LogP contribution in [0.5, 0.6) is 0 Å². The molecular formula is C14H18N2OS. The van der Waals surface area contributed by atoms with Gasteiger partial charge in [-0.05, 0) is 37.6 Å². The third-order valence-electron chi connectivity index (χ3n) is 3.58. The smallest absolute Gasteiger partial charge is 0.243 e. The number of thiophene rings is 1. The fraction of sp³-hybridized carbons (Fsp3) is 0.571. The van der Waals surface area contributed by atoms with E-state index in [1.54, 1.807) is 18.3 Å². The summed E-state index contributed by atoms with van der Waals surface area (Å²) in [5.41, 5.74) is -0.875. The minimum Gasteiger partial charge on any atom is -0.333 e. The van der Waals surface area contributed by atoms with Gasteiger partial charge in [-0.2, -0.15) is 5.26 Å². The van der Waals surface area contributed by atoms with E-state index in [2.05, 4.69) is 6.07 Å². The molecule has 3 nitrogen and oxygen atoms in total. The maximum atomic E-state index is 12.5. The minimum absolute atomic E-state index is 0.0107. The molecule has 18 heavy (non-hydrogen) atoms. The van der Waals surface area contributed by atoms with Gasteiger partial charge in [0.1, 0.15) is 5.41 Å². The van der Waals surface area contributed by atoms with Crippen molar-refractivity contribution in [2.45, 2.75) is 45.7 Å². The van der Waals surface area contributed by atoms with Crippen molar-refractivity contribution in [3.63, 3.8) is 0 Å². The van der Waals surface area contributed by atoms with Crippen LogP contribution in [0, 0.1) is 16.7 Å². The van der Waals surface area contributed by atoms with E-state index in [1.807, 2.05) is 29.3 Å². The lowest BCUT2D eigenvalue weighted by Gasteiger charge is -2.29. The molecule has 0 aliphatic heterocycles. The van der Waals surface area contributed by atoms with Crippen LogP contribution in [0.4, 0.5) is 0 Å². The van der Waals surface area contributed by atoms with Gasteiger partial charge in [0.05, 0.1) is 12.6 Å².